The van der Waals surface area contributed by atoms with Gasteiger partial charge in [-0.15, -0.1) is 0 Å². The van der Waals surface area contributed by atoms with Gasteiger partial charge in [0.15, 0.2) is 5.78 Å². The van der Waals surface area contributed by atoms with Crippen LogP contribution in [0.2, 0.25) is 5.02 Å². The number of ketones is 1. The molecule has 0 spiro atoms. The standard InChI is InChI=1S/C25H34ClN3O4/c1-18-12-21(5-6-22(18)23(32)13-25(2,16-30)17-31)33-11-3-4-19-7-9-29(10-8-19)24-27-14-20(26)15-28-24/h5-6,12,14-15,19,30-31H,3-4,7-11,13,16-17H2,1-2H3. The molecule has 0 saturated carbocycles. The highest BCUT2D eigenvalue weighted by atomic mass is 35.5. The lowest BCUT2D eigenvalue weighted by Crippen LogP contribution is -2.34. The van der Waals surface area contributed by atoms with Crippen LogP contribution < -0.4 is 9.64 Å². The summed E-state index contributed by atoms with van der Waals surface area (Å²) in [5, 5.41) is 19.4. The number of hydrogen-bond acceptors (Lipinski definition) is 7. The summed E-state index contributed by atoms with van der Waals surface area (Å²) in [6, 6.07) is 5.48. The third-order valence-electron chi connectivity index (χ3n) is 6.38. The fourth-order valence-electron chi connectivity index (χ4n) is 4.14. The van der Waals surface area contributed by atoms with Gasteiger partial charge >= 0.3 is 0 Å². The summed E-state index contributed by atoms with van der Waals surface area (Å²) in [4.78, 5) is 23.4. The van der Waals surface area contributed by atoms with Gasteiger partial charge in [0.05, 0.1) is 37.2 Å². The molecule has 2 heterocycles. The van der Waals surface area contributed by atoms with Crippen LogP contribution >= 0.6 is 11.6 Å². The Morgan fingerprint density at radius 3 is 2.48 bits per heavy atom. The maximum atomic E-state index is 12.6. The number of aliphatic hydroxyl groups excluding tert-OH is 2. The van der Waals surface area contributed by atoms with E-state index in [9.17, 15) is 15.0 Å². The average Bonchev–Trinajstić information content (AvgIpc) is 2.82. The Kier molecular flexibility index (Phi) is 9.06. The number of benzene rings is 1. The van der Waals surface area contributed by atoms with E-state index in [-0.39, 0.29) is 25.4 Å². The van der Waals surface area contributed by atoms with Crippen LogP contribution in [0.4, 0.5) is 5.95 Å². The van der Waals surface area contributed by atoms with E-state index < -0.39 is 5.41 Å². The summed E-state index contributed by atoms with van der Waals surface area (Å²) in [7, 11) is 0. The molecule has 180 valence electrons. The fraction of sp³-hybridized carbons (Fsp3) is 0.560. The maximum Gasteiger partial charge on any atom is 0.225 e. The molecule has 1 aromatic carbocycles. The molecule has 1 aliphatic heterocycles. The van der Waals surface area contributed by atoms with Crippen LogP contribution in [0.15, 0.2) is 30.6 Å². The molecule has 0 bridgehead atoms. The minimum atomic E-state index is -0.809. The number of hydrogen-bond donors (Lipinski definition) is 2. The molecule has 0 atom stereocenters. The zero-order valence-corrected chi connectivity index (χ0v) is 20.2. The van der Waals surface area contributed by atoms with Crippen molar-refractivity contribution >= 4 is 23.3 Å². The van der Waals surface area contributed by atoms with E-state index in [0.29, 0.717) is 23.1 Å². The van der Waals surface area contributed by atoms with Crippen molar-refractivity contribution in [2.24, 2.45) is 11.3 Å². The van der Waals surface area contributed by atoms with Crippen LogP contribution in [0.3, 0.4) is 0 Å². The number of aliphatic hydroxyl groups is 2. The van der Waals surface area contributed by atoms with Gasteiger partial charge in [0.1, 0.15) is 5.75 Å². The fourth-order valence-corrected chi connectivity index (χ4v) is 4.23. The Labute approximate surface area is 200 Å². The zero-order chi connectivity index (χ0) is 23.8. The molecule has 0 radical (unpaired) electrons. The number of carbonyl (C=O) groups is 1. The van der Waals surface area contributed by atoms with Crippen molar-refractivity contribution in [2.45, 2.75) is 46.0 Å². The van der Waals surface area contributed by atoms with Crippen LogP contribution in [0.1, 0.15) is 54.9 Å². The minimum absolute atomic E-state index is 0.0833. The number of piperidine rings is 1. The number of anilines is 1. The Morgan fingerprint density at radius 1 is 1.21 bits per heavy atom. The van der Waals surface area contributed by atoms with E-state index in [0.717, 1.165) is 56.0 Å². The van der Waals surface area contributed by atoms with Gasteiger partial charge in [-0.3, -0.25) is 4.79 Å². The van der Waals surface area contributed by atoms with Crippen molar-refractivity contribution in [3.05, 3.63) is 46.7 Å². The highest BCUT2D eigenvalue weighted by Gasteiger charge is 2.27. The molecule has 33 heavy (non-hydrogen) atoms. The lowest BCUT2D eigenvalue weighted by molar-refractivity contribution is 0.0541. The van der Waals surface area contributed by atoms with Gasteiger partial charge in [0.2, 0.25) is 5.95 Å². The van der Waals surface area contributed by atoms with Crippen LogP contribution in [-0.2, 0) is 0 Å². The van der Waals surface area contributed by atoms with Crippen molar-refractivity contribution in [3.8, 4) is 5.75 Å². The Hall–Kier alpha value is -2.22. The molecule has 8 heteroatoms. The first kappa shape index (κ1) is 25.4. The molecule has 2 N–H and O–H groups in total. The van der Waals surface area contributed by atoms with E-state index in [1.165, 1.54) is 0 Å². The number of Topliss-reactive ketones (excluding diaryl/α,β-unsaturated/α-hetero) is 1. The number of halogens is 1. The third kappa shape index (κ3) is 7.13. The average molecular weight is 476 g/mol. The SMILES string of the molecule is Cc1cc(OCCCC2CCN(c3ncc(Cl)cn3)CC2)ccc1C(=O)CC(C)(CO)CO. The number of aryl methyl sites for hydroxylation is 1. The molecule has 1 aromatic heterocycles. The Morgan fingerprint density at radius 2 is 1.88 bits per heavy atom. The van der Waals surface area contributed by atoms with E-state index in [2.05, 4.69) is 14.9 Å². The van der Waals surface area contributed by atoms with Crippen LogP contribution in [0.25, 0.3) is 0 Å². The van der Waals surface area contributed by atoms with Crippen molar-refractivity contribution in [3.63, 3.8) is 0 Å². The molecular weight excluding hydrogens is 442 g/mol. The van der Waals surface area contributed by atoms with Gasteiger partial charge < -0.3 is 19.8 Å². The number of carbonyl (C=O) groups excluding carboxylic acids is 1. The first-order valence-corrected chi connectivity index (χ1v) is 11.9. The lowest BCUT2D eigenvalue weighted by Gasteiger charge is -2.32. The largest absolute Gasteiger partial charge is 0.494 e. The van der Waals surface area contributed by atoms with Crippen molar-refractivity contribution in [2.75, 3.05) is 37.8 Å². The van der Waals surface area contributed by atoms with E-state index in [4.69, 9.17) is 16.3 Å². The molecule has 0 unspecified atom stereocenters. The van der Waals surface area contributed by atoms with Gasteiger partial charge in [-0.2, -0.15) is 0 Å². The first-order valence-electron chi connectivity index (χ1n) is 11.5. The van der Waals surface area contributed by atoms with Gasteiger partial charge in [-0.1, -0.05) is 18.5 Å². The highest BCUT2D eigenvalue weighted by Crippen LogP contribution is 2.27. The van der Waals surface area contributed by atoms with Gasteiger partial charge in [0, 0.05) is 30.5 Å². The minimum Gasteiger partial charge on any atom is -0.494 e. The summed E-state index contributed by atoms with van der Waals surface area (Å²) in [6.45, 7) is 5.66. The second-order valence-electron chi connectivity index (χ2n) is 9.33. The first-order chi connectivity index (χ1) is 15.8. The Balaban J connectivity index is 1.40. The molecule has 0 amide bonds. The molecule has 3 rings (SSSR count). The number of rotatable bonds is 11. The summed E-state index contributed by atoms with van der Waals surface area (Å²) < 4.78 is 5.92. The third-order valence-corrected chi connectivity index (χ3v) is 6.57. The quantitative estimate of drug-likeness (QED) is 0.373. The van der Waals surface area contributed by atoms with Crippen LogP contribution in [0, 0.1) is 18.3 Å². The molecule has 2 aromatic rings. The summed E-state index contributed by atoms with van der Waals surface area (Å²) in [6.07, 6.45) is 7.70. The molecule has 0 aliphatic carbocycles. The van der Waals surface area contributed by atoms with E-state index >= 15 is 0 Å². The molecular formula is C25H34ClN3O4. The molecule has 1 aliphatic rings. The second-order valence-corrected chi connectivity index (χ2v) is 9.76. The van der Waals surface area contributed by atoms with Gasteiger partial charge in [0.25, 0.3) is 0 Å². The number of ether oxygens (including phenoxy) is 1. The number of nitrogens with zero attached hydrogens (tertiary/aromatic N) is 3. The summed E-state index contributed by atoms with van der Waals surface area (Å²) in [5.41, 5.74) is 0.635. The summed E-state index contributed by atoms with van der Waals surface area (Å²) >= 11 is 5.87. The van der Waals surface area contributed by atoms with E-state index in [1.807, 2.05) is 19.1 Å². The maximum absolute atomic E-state index is 12.6. The van der Waals surface area contributed by atoms with Crippen LogP contribution in [-0.4, -0.2) is 58.9 Å². The van der Waals surface area contributed by atoms with Crippen molar-refractivity contribution in [1.29, 1.82) is 0 Å². The zero-order valence-electron chi connectivity index (χ0n) is 19.5. The lowest BCUT2D eigenvalue weighted by atomic mass is 9.84. The van der Waals surface area contributed by atoms with Gasteiger partial charge in [-0.25, -0.2) is 9.97 Å². The Bertz CT molecular complexity index is 910. The van der Waals surface area contributed by atoms with Crippen molar-refractivity contribution in [1.82, 2.24) is 9.97 Å². The van der Waals surface area contributed by atoms with Crippen molar-refractivity contribution < 1.29 is 19.7 Å². The second kappa shape index (κ2) is 11.8. The normalized spacial score (nSPS) is 15.0. The predicted molar refractivity (Wildman–Crippen MR) is 129 cm³/mol. The number of aromatic nitrogens is 2. The highest BCUT2D eigenvalue weighted by molar-refractivity contribution is 6.30. The topological polar surface area (TPSA) is 95.8 Å². The van der Waals surface area contributed by atoms with Gasteiger partial charge in [-0.05, 0) is 62.3 Å². The predicted octanol–water partition coefficient (Wildman–Crippen LogP) is 4.08. The van der Waals surface area contributed by atoms with Crippen LogP contribution in [0.5, 0.6) is 5.75 Å². The summed E-state index contributed by atoms with van der Waals surface area (Å²) in [5.74, 6) is 2.09. The molecule has 7 nitrogen and oxygen atoms in total. The smallest absolute Gasteiger partial charge is 0.225 e. The monoisotopic (exact) mass is 475 g/mol. The molecule has 1 fully saturated rings. The molecule has 1 saturated heterocycles. The van der Waals surface area contributed by atoms with E-state index in [1.54, 1.807) is 25.4 Å².